The lowest BCUT2D eigenvalue weighted by Gasteiger charge is -2.37. The molecule has 4 heterocycles. The Morgan fingerprint density at radius 3 is 2.40 bits per heavy atom. The predicted molar refractivity (Wildman–Crippen MR) is 168 cm³/mol. The average molecular weight is 676 g/mol. The van der Waals surface area contributed by atoms with E-state index in [4.69, 9.17) is 5.10 Å². The Bertz CT molecular complexity index is 1430. The molecule has 1 aromatic carbocycles. The van der Waals surface area contributed by atoms with Crippen LogP contribution in [0, 0.1) is 5.41 Å². The van der Waals surface area contributed by atoms with E-state index in [0.29, 0.717) is 68.0 Å². The Morgan fingerprint density at radius 2 is 1.76 bits per heavy atom. The van der Waals surface area contributed by atoms with E-state index in [2.05, 4.69) is 23.6 Å². The van der Waals surface area contributed by atoms with Gasteiger partial charge in [0.1, 0.15) is 6.17 Å². The number of nitrogens with zero attached hydrogens (tertiary/aromatic N) is 5. The molecule has 0 unspecified atom stereocenters. The predicted octanol–water partition coefficient (Wildman–Crippen LogP) is 4.90. The van der Waals surface area contributed by atoms with Crippen molar-refractivity contribution in [3.05, 3.63) is 35.0 Å². The van der Waals surface area contributed by atoms with Crippen LogP contribution in [0.25, 0.3) is 11.3 Å². The molecule has 0 saturated carbocycles. The molecule has 252 valence electrons. The van der Waals surface area contributed by atoms with Crippen LogP contribution >= 0.6 is 11.8 Å². The van der Waals surface area contributed by atoms with Gasteiger partial charge in [0.25, 0.3) is 0 Å². The topological polar surface area (TPSA) is 81.9 Å². The van der Waals surface area contributed by atoms with Crippen LogP contribution in [0.3, 0.4) is 0 Å². The number of aromatic nitrogens is 2. The van der Waals surface area contributed by atoms with Crippen molar-refractivity contribution in [2.24, 2.45) is 5.41 Å². The van der Waals surface area contributed by atoms with Crippen molar-refractivity contribution in [2.75, 3.05) is 57.8 Å². The summed E-state index contributed by atoms with van der Waals surface area (Å²) in [6.45, 7) is 9.06. The zero-order chi connectivity index (χ0) is 32.6. The number of hydrogen-bond donors (Lipinski definition) is 1. The van der Waals surface area contributed by atoms with E-state index in [-0.39, 0.29) is 29.9 Å². The number of halogens is 4. The lowest BCUT2D eigenvalue weighted by atomic mass is 9.82. The Labute approximate surface area is 268 Å². The van der Waals surface area contributed by atoms with Crippen LogP contribution in [0.1, 0.15) is 56.4 Å². The fraction of sp³-hybridized carbons (Fsp3) is 0.710. The van der Waals surface area contributed by atoms with Gasteiger partial charge in [0, 0.05) is 73.2 Å². The molecule has 0 bridgehead atoms. The van der Waals surface area contributed by atoms with Gasteiger partial charge in [-0.3, -0.25) is 4.68 Å². The number of benzene rings is 1. The number of β-amino-alcohol motifs (C(OH)–C–C–N with tert-alkyl or cyclic N) is 1. The molecule has 5 rings (SSSR count). The summed E-state index contributed by atoms with van der Waals surface area (Å²) in [6, 6.07) is 3.97. The number of sulfonamides is 1. The molecule has 45 heavy (non-hydrogen) atoms. The van der Waals surface area contributed by atoms with Crippen LogP contribution in [0.5, 0.6) is 0 Å². The zero-order valence-corrected chi connectivity index (χ0v) is 28.0. The summed E-state index contributed by atoms with van der Waals surface area (Å²) in [5.74, 6) is 0.414. The number of alkyl halides is 4. The van der Waals surface area contributed by atoms with Crippen molar-refractivity contribution in [1.82, 2.24) is 23.9 Å². The molecular weight excluding hydrogens is 630 g/mol. The summed E-state index contributed by atoms with van der Waals surface area (Å²) in [7, 11) is -3.51. The fourth-order valence-electron chi connectivity index (χ4n) is 6.46. The average Bonchev–Trinajstić information content (AvgIpc) is 3.31. The molecule has 3 aliphatic rings. The van der Waals surface area contributed by atoms with Crippen LogP contribution in [-0.4, -0.2) is 108 Å². The van der Waals surface area contributed by atoms with Crippen LogP contribution < -0.4 is 0 Å². The van der Waals surface area contributed by atoms with Gasteiger partial charge in [0.15, 0.2) is 0 Å². The fourth-order valence-corrected chi connectivity index (χ4v) is 8.37. The second kappa shape index (κ2) is 13.8. The van der Waals surface area contributed by atoms with Gasteiger partial charge in [-0.25, -0.2) is 12.8 Å². The summed E-state index contributed by atoms with van der Waals surface area (Å²) in [4.78, 5) is 4.40. The highest BCUT2D eigenvalue weighted by Gasteiger charge is 2.35. The Kier molecular flexibility index (Phi) is 10.6. The molecule has 0 radical (unpaired) electrons. The second-order valence-corrected chi connectivity index (χ2v) is 16.6. The van der Waals surface area contributed by atoms with E-state index >= 15 is 0 Å². The summed E-state index contributed by atoms with van der Waals surface area (Å²) in [6.07, 6.45) is -1.56. The summed E-state index contributed by atoms with van der Waals surface area (Å²) in [5.41, 5.74) is 1.92. The third kappa shape index (κ3) is 8.81. The molecule has 14 heteroatoms. The van der Waals surface area contributed by atoms with Crippen LogP contribution in [-0.2, 0) is 35.7 Å². The first-order chi connectivity index (χ1) is 21.1. The Hall–Kier alpha value is -1.71. The Morgan fingerprint density at radius 1 is 1.07 bits per heavy atom. The molecule has 0 aliphatic carbocycles. The minimum absolute atomic E-state index is 0.0643. The quantitative estimate of drug-likeness (QED) is 0.284. The SMILES string of the molecule is CC1(C)CCN(C[C@@H](O)Cn2nc(-c3ccc(C(F)(F)F)c(SCCN4CCC(F)CC4)c3)c3c2CCN(S(C)(=O)=O)C3)CC1. The largest absolute Gasteiger partial charge is 0.417 e. The number of thioether (sulfide) groups is 1. The molecule has 1 atom stereocenters. The van der Waals surface area contributed by atoms with Crippen molar-refractivity contribution in [3.63, 3.8) is 0 Å². The van der Waals surface area contributed by atoms with Gasteiger partial charge >= 0.3 is 6.18 Å². The third-order valence-corrected chi connectivity index (χ3v) is 11.7. The molecule has 1 aromatic heterocycles. The van der Waals surface area contributed by atoms with Crippen molar-refractivity contribution >= 4 is 21.8 Å². The van der Waals surface area contributed by atoms with Gasteiger partial charge < -0.3 is 14.9 Å². The second-order valence-electron chi connectivity index (χ2n) is 13.5. The lowest BCUT2D eigenvalue weighted by molar-refractivity contribution is -0.139. The van der Waals surface area contributed by atoms with Gasteiger partial charge in [-0.2, -0.15) is 22.6 Å². The third-order valence-electron chi connectivity index (χ3n) is 9.37. The summed E-state index contributed by atoms with van der Waals surface area (Å²) in [5, 5.41) is 15.9. The van der Waals surface area contributed by atoms with Gasteiger partial charge in [0.05, 0.1) is 30.2 Å². The van der Waals surface area contributed by atoms with Crippen LogP contribution in [0.15, 0.2) is 23.1 Å². The summed E-state index contributed by atoms with van der Waals surface area (Å²) < 4.78 is 83.7. The maximum Gasteiger partial charge on any atom is 0.417 e. The molecule has 0 spiro atoms. The molecule has 2 fully saturated rings. The molecule has 2 aromatic rings. The molecule has 1 N–H and O–H groups in total. The minimum Gasteiger partial charge on any atom is -0.390 e. The van der Waals surface area contributed by atoms with E-state index in [1.165, 1.54) is 16.4 Å². The van der Waals surface area contributed by atoms with E-state index in [9.17, 15) is 31.1 Å². The number of fused-ring (bicyclic) bond motifs is 1. The first-order valence-electron chi connectivity index (χ1n) is 15.7. The Balaban J connectivity index is 1.40. The monoisotopic (exact) mass is 675 g/mol. The molecule has 3 aliphatic heterocycles. The maximum absolute atomic E-state index is 14.1. The number of hydrogen-bond acceptors (Lipinski definition) is 7. The van der Waals surface area contributed by atoms with E-state index < -0.39 is 34.0 Å². The van der Waals surface area contributed by atoms with Crippen molar-refractivity contribution in [2.45, 2.75) is 82.4 Å². The van der Waals surface area contributed by atoms with E-state index in [0.717, 1.165) is 55.7 Å². The smallest absolute Gasteiger partial charge is 0.390 e. The number of likely N-dealkylation sites (tertiary alicyclic amines) is 2. The minimum atomic E-state index is -4.55. The van der Waals surface area contributed by atoms with Crippen LogP contribution in [0.4, 0.5) is 17.6 Å². The maximum atomic E-state index is 14.1. The van der Waals surface area contributed by atoms with Gasteiger partial charge in [-0.1, -0.05) is 19.9 Å². The lowest BCUT2D eigenvalue weighted by Crippen LogP contribution is -2.42. The van der Waals surface area contributed by atoms with E-state index in [1.54, 1.807) is 4.68 Å². The number of piperidine rings is 2. The van der Waals surface area contributed by atoms with E-state index in [1.807, 2.05) is 0 Å². The zero-order valence-electron chi connectivity index (χ0n) is 26.3. The highest BCUT2D eigenvalue weighted by Crippen LogP contribution is 2.40. The molecule has 8 nitrogen and oxygen atoms in total. The first-order valence-corrected chi connectivity index (χ1v) is 18.6. The van der Waals surface area contributed by atoms with Crippen molar-refractivity contribution < 1.29 is 31.1 Å². The normalized spacial score (nSPS) is 21.6. The highest BCUT2D eigenvalue weighted by molar-refractivity contribution is 7.99. The molecule has 0 amide bonds. The number of aliphatic hydroxyl groups is 1. The van der Waals surface area contributed by atoms with Gasteiger partial charge in [-0.05, 0) is 56.3 Å². The van der Waals surface area contributed by atoms with Crippen molar-refractivity contribution in [3.8, 4) is 11.3 Å². The highest BCUT2D eigenvalue weighted by atomic mass is 32.2. The number of rotatable bonds is 10. The van der Waals surface area contributed by atoms with Gasteiger partial charge in [0.2, 0.25) is 10.0 Å². The standard InChI is InChI=1S/C31H45F4N5O3S2/c1-30(2)9-14-38(15-10-30)19-24(41)20-40-27-8-13-39(45(3,42)43)21-25(27)29(36-40)22-4-5-26(31(33,34)35)28(18-22)44-17-16-37-11-6-23(32)7-12-37/h4-5,18,23-24,41H,6-17,19-21H2,1-3H3/t24-/m1/s1. The van der Waals surface area contributed by atoms with Gasteiger partial charge in [-0.15, -0.1) is 11.8 Å². The first kappa shape index (κ1) is 34.6. The number of aliphatic hydroxyl groups excluding tert-OH is 1. The van der Waals surface area contributed by atoms with Crippen molar-refractivity contribution in [1.29, 1.82) is 0 Å². The van der Waals surface area contributed by atoms with Crippen LogP contribution in [0.2, 0.25) is 0 Å². The molecular formula is C31H45F4N5O3S2. The summed E-state index contributed by atoms with van der Waals surface area (Å²) >= 11 is 1.11. The molecule has 2 saturated heterocycles.